The Morgan fingerprint density at radius 3 is 2.57 bits per heavy atom. The van der Waals surface area contributed by atoms with Gasteiger partial charge in [0, 0.05) is 18.2 Å². The monoisotopic (exact) mass is 449 g/mol. The Balaban J connectivity index is 2.14. The molecule has 1 aliphatic heterocycles. The van der Waals surface area contributed by atoms with E-state index in [-0.39, 0.29) is 38.3 Å². The lowest BCUT2D eigenvalue weighted by atomic mass is 10.0. The summed E-state index contributed by atoms with van der Waals surface area (Å²) in [6.45, 7) is -0.445. The lowest BCUT2D eigenvalue weighted by molar-refractivity contribution is -0.0459. The zero-order chi connectivity index (χ0) is 20.6. The maximum Gasteiger partial charge on any atom is 0.330 e. The van der Waals surface area contributed by atoms with Crippen LogP contribution in [0.3, 0.4) is 0 Å². The van der Waals surface area contributed by atoms with Crippen LogP contribution in [-0.4, -0.2) is 49.5 Å². The molecule has 1 fully saturated rings. The highest BCUT2D eigenvalue weighted by atomic mass is 35.5. The fourth-order valence-electron chi connectivity index (χ4n) is 2.90. The van der Waals surface area contributed by atoms with E-state index in [1.54, 1.807) is 0 Å². The zero-order valence-corrected chi connectivity index (χ0v) is 16.2. The predicted octanol–water partition coefficient (Wildman–Crippen LogP) is 1.36. The zero-order valence-electron chi connectivity index (χ0n) is 14.0. The highest BCUT2D eigenvalue weighted by Gasteiger charge is 2.35. The van der Waals surface area contributed by atoms with E-state index in [1.165, 1.54) is 12.1 Å². The van der Waals surface area contributed by atoms with Gasteiger partial charge in [-0.05, 0) is 12.1 Å². The van der Waals surface area contributed by atoms with Crippen LogP contribution < -0.4 is 11.2 Å². The van der Waals surface area contributed by atoms with Crippen LogP contribution in [0.2, 0.25) is 15.1 Å². The van der Waals surface area contributed by atoms with Gasteiger partial charge in [-0.3, -0.25) is 14.3 Å². The Hall–Kier alpha value is -1.88. The molecule has 1 aliphatic rings. The van der Waals surface area contributed by atoms with Gasteiger partial charge < -0.3 is 20.2 Å². The SMILES string of the molecule is O=c1[nH]c(=O)n([C@H]2C[C@H](O)[C@@H](CO)O2)cc1/C(=N/O)c1c(Cl)ccc(Cl)c1Cl. The van der Waals surface area contributed by atoms with Crippen molar-refractivity contribution in [3.8, 4) is 0 Å². The van der Waals surface area contributed by atoms with Gasteiger partial charge in [-0.2, -0.15) is 0 Å². The van der Waals surface area contributed by atoms with Gasteiger partial charge in [-0.15, -0.1) is 0 Å². The molecule has 0 saturated carbocycles. The maximum atomic E-state index is 12.4. The molecule has 28 heavy (non-hydrogen) atoms. The molecular formula is C16H14Cl3N3O6. The summed E-state index contributed by atoms with van der Waals surface area (Å²) in [5.74, 6) is 0. The van der Waals surface area contributed by atoms with Crippen molar-refractivity contribution in [3.63, 3.8) is 0 Å². The number of rotatable bonds is 4. The first-order valence-electron chi connectivity index (χ1n) is 7.94. The molecule has 4 N–H and O–H groups in total. The normalized spacial score (nSPS) is 22.6. The van der Waals surface area contributed by atoms with Crippen molar-refractivity contribution < 1.29 is 20.2 Å². The van der Waals surface area contributed by atoms with E-state index in [9.17, 15) is 25.0 Å². The Kier molecular flexibility index (Phi) is 6.13. The smallest absolute Gasteiger partial charge is 0.330 e. The molecule has 0 amide bonds. The summed E-state index contributed by atoms with van der Waals surface area (Å²) in [6.07, 6.45) is -1.74. The topological polar surface area (TPSA) is 137 Å². The third-order valence-electron chi connectivity index (χ3n) is 4.30. The van der Waals surface area contributed by atoms with Gasteiger partial charge in [0.05, 0.1) is 33.3 Å². The number of nitrogens with zero attached hydrogens (tertiary/aromatic N) is 2. The van der Waals surface area contributed by atoms with Crippen molar-refractivity contribution in [2.45, 2.75) is 24.9 Å². The van der Waals surface area contributed by atoms with Gasteiger partial charge in [0.15, 0.2) is 0 Å². The van der Waals surface area contributed by atoms with Crippen molar-refractivity contribution in [1.29, 1.82) is 0 Å². The first-order chi connectivity index (χ1) is 13.3. The molecule has 0 spiro atoms. The summed E-state index contributed by atoms with van der Waals surface area (Å²) in [4.78, 5) is 26.7. The van der Waals surface area contributed by atoms with Crippen LogP contribution in [0.5, 0.6) is 0 Å². The lowest BCUT2D eigenvalue weighted by Gasteiger charge is -2.16. The van der Waals surface area contributed by atoms with Crippen LogP contribution >= 0.6 is 34.8 Å². The molecule has 3 atom stereocenters. The van der Waals surface area contributed by atoms with Gasteiger partial charge in [0.2, 0.25) is 0 Å². The van der Waals surface area contributed by atoms with E-state index >= 15 is 0 Å². The molecule has 0 bridgehead atoms. The molecule has 1 aromatic carbocycles. The van der Waals surface area contributed by atoms with E-state index < -0.39 is 36.3 Å². The van der Waals surface area contributed by atoms with Gasteiger partial charge in [-0.25, -0.2) is 4.79 Å². The second-order valence-electron chi connectivity index (χ2n) is 5.99. The number of aliphatic hydroxyl groups excluding tert-OH is 2. The molecule has 0 unspecified atom stereocenters. The number of ether oxygens (including phenoxy) is 1. The number of halogens is 3. The Labute approximate surface area is 172 Å². The molecule has 2 heterocycles. The van der Waals surface area contributed by atoms with Crippen molar-refractivity contribution >= 4 is 40.5 Å². The van der Waals surface area contributed by atoms with Gasteiger partial charge >= 0.3 is 5.69 Å². The molecule has 0 radical (unpaired) electrons. The van der Waals surface area contributed by atoms with Gasteiger partial charge in [0.25, 0.3) is 5.56 Å². The van der Waals surface area contributed by atoms with Crippen LogP contribution in [0.1, 0.15) is 23.8 Å². The Bertz CT molecular complexity index is 1050. The molecule has 1 aromatic heterocycles. The number of aromatic amines is 1. The fourth-order valence-corrected chi connectivity index (χ4v) is 3.61. The highest BCUT2D eigenvalue weighted by Crippen LogP contribution is 2.33. The number of hydrogen-bond donors (Lipinski definition) is 4. The van der Waals surface area contributed by atoms with Crippen molar-refractivity contribution in [1.82, 2.24) is 9.55 Å². The van der Waals surface area contributed by atoms with Crippen LogP contribution in [0.4, 0.5) is 0 Å². The average molecular weight is 451 g/mol. The first kappa shape index (κ1) is 20.8. The molecule has 9 nitrogen and oxygen atoms in total. The second-order valence-corrected chi connectivity index (χ2v) is 7.18. The molecule has 150 valence electrons. The standard InChI is InChI=1S/C16H14Cl3N3O6/c17-7-1-2-8(18)13(19)12(7)14(21-27)6-4-22(16(26)20-15(6)25)11-3-9(24)10(5-23)28-11/h1-2,4,9-11,23-24,27H,3,5H2,(H,20,25,26)/b21-14-/t9-,10+,11+/m0/s1. The van der Waals surface area contributed by atoms with Gasteiger partial charge in [0.1, 0.15) is 18.0 Å². The first-order valence-corrected chi connectivity index (χ1v) is 9.08. The average Bonchev–Trinajstić information content (AvgIpc) is 3.03. The number of oxime groups is 1. The largest absolute Gasteiger partial charge is 0.410 e. The minimum Gasteiger partial charge on any atom is -0.410 e. The number of nitrogens with one attached hydrogen (secondary N) is 1. The maximum absolute atomic E-state index is 12.4. The molecule has 0 aliphatic carbocycles. The summed E-state index contributed by atoms with van der Waals surface area (Å²) in [7, 11) is 0. The van der Waals surface area contributed by atoms with Crippen LogP contribution in [0.25, 0.3) is 0 Å². The summed E-state index contributed by atoms with van der Waals surface area (Å²) < 4.78 is 6.44. The summed E-state index contributed by atoms with van der Waals surface area (Å²) in [6, 6.07) is 2.83. The third-order valence-corrected chi connectivity index (χ3v) is 5.42. The fraction of sp³-hybridized carbons (Fsp3) is 0.312. The molecule has 1 saturated heterocycles. The van der Waals surface area contributed by atoms with E-state index in [0.717, 1.165) is 10.8 Å². The van der Waals surface area contributed by atoms with E-state index in [0.29, 0.717) is 0 Å². The molecule has 2 aromatic rings. The van der Waals surface area contributed by atoms with Crippen molar-refractivity contribution in [2.24, 2.45) is 5.16 Å². The Morgan fingerprint density at radius 1 is 1.29 bits per heavy atom. The number of hydrogen-bond acceptors (Lipinski definition) is 7. The molecular weight excluding hydrogens is 437 g/mol. The van der Waals surface area contributed by atoms with E-state index in [1.807, 2.05) is 0 Å². The Morgan fingerprint density at radius 2 is 1.96 bits per heavy atom. The van der Waals surface area contributed by atoms with Crippen molar-refractivity contribution in [2.75, 3.05) is 6.61 Å². The number of aromatic nitrogens is 2. The van der Waals surface area contributed by atoms with Crippen LogP contribution in [-0.2, 0) is 4.74 Å². The summed E-state index contributed by atoms with van der Waals surface area (Å²) >= 11 is 18.3. The second kappa shape index (κ2) is 8.24. The van der Waals surface area contributed by atoms with Gasteiger partial charge in [-0.1, -0.05) is 40.0 Å². The quantitative estimate of drug-likeness (QED) is 0.240. The minimum absolute atomic E-state index is 0.000889. The lowest BCUT2D eigenvalue weighted by Crippen LogP contribution is -2.36. The number of benzene rings is 1. The highest BCUT2D eigenvalue weighted by molar-refractivity contribution is 6.47. The predicted molar refractivity (Wildman–Crippen MR) is 102 cm³/mol. The van der Waals surface area contributed by atoms with Crippen LogP contribution in [0, 0.1) is 0 Å². The van der Waals surface area contributed by atoms with E-state index in [4.69, 9.17) is 39.5 Å². The summed E-state index contributed by atoms with van der Waals surface area (Å²) in [5.41, 5.74) is -2.23. The minimum atomic E-state index is -1.000. The van der Waals surface area contributed by atoms with Crippen molar-refractivity contribution in [3.05, 3.63) is 65.4 Å². The van der Waals surface area contributed by atoms with Crippen LogP contribution in [0.15, 0.2) is 33.1 Å². The molecule has 3 rings (SSSR count). The molecule has 12 heteroatoms. The number of H-pyrrole nitrogens is 1. The van der Waals surface area contributed by atoms with E-state index in [2.05, 4.69) is 10.1 Å². The number of aliphatic hydroxyl groups is 2. The summed E-state index contributed by atoms with van der Waals surface area (Å²) in [5, 5.41) is 31.9. The third kappa shape index (κ3) is 3.69.